The van der Waals surface area contributed by atoms with Crippen molar-refractivity contribution in [3.63, 3.8) is 0 Å². The van der Waals surface area contributed by atoms with Gasteiger partial charge < -0.3 is 10.1 Å². The summed E-state index contributed by atoms with van der Waals surface area (Å²) in [6.07, 6.45) is 1.85. The number of hydrogen-bond acceptors (Lipinski definition) is 4. The summed E-state index contributed by atoms with van der Waals surface area (Å²) >= 11 is 0. The zero-order valence-corrected chi connectivity index (χ0v) is 11.4. The van der Waals surface area contributed by atoms with Crippen LogP contribution in [0.25, 0.3) is 0 Å². The molecule has 0 unspecified atom stereocenters. The number of benzene rings is 1. The van der Waals surface area contributed by atoms with Gasteiger partial charge in [-0.3, -0.25) is 4.79 Å². The number of sulfonamides is 1. The third kappa shape index (κ3) is 3.45. The summed E-state index contributed by atoms with van der Waals surface area (Å²) in [5.74, 6) is 0.323. The molecule has 19 heavy (non-hydrogen) atoms. The monoisotopic (exact) mass is 284 g/mol. The average Bonchev–Trinajstić information content (AvgIpc) is 3.18. The van der Waals surface area contributed by atoms with Crippen molar-refractivity contribution in [2.45, 2.75) is 24.3 Å². The zero-order chi connectivity index (χ0) is 14.0. The van der Waals surface area contributed by atoms with Gasteiger partial charge in [-0.1, -0.05) is 6.07 Å². The van der Waals surface area contributed by atoms with Crippen LogP contribution in [0.4, 0.5) is 0 Å². The largest absolute Gasteiger partial charge is 0.495 e. The van der Waals surface area contributed by atoms with Crippen molar-refractivity contribution in [2.75, 3.05) is 7.11 Å². The Kier molecular flexibility index (Phi) is 3.77. The van der Waals surface area contributed by atoms with E-state index in [2.05, 4.69) is 5.32 Å². The molecular weight excluding hydrogens is 268 g/mol. The van der Waals surface area contributed by atoms with E-state index in [0.717, 1.165) is 12.8 Å². The van der Waals surface area contributed by atoms with E-state index in [4.69, 9.17) is 9.88 Å². The lowest BCUT2D eigenvalue weighted by Crippen LogP contribution is -2.24. The summed E-state index contributed by atoms with van der Waals surface area (Å²) in [6.45, 7) is 0.280. The zero-order valence-electron chi connectivity index (χ0n) is 10.5. The number of primary sulfonamides is 1. The number of ether oxygens (including phenoxy) is 1. The third-order valence-electron chi connectivity index (χ3n) is 2.95. The van der Waals surface area contributed by atoms with Gasteiger partial charge in [-0.25, -0.2) is 13.6 Å². The minimum Gasteiger partial charge on any atom is -0.495 e. The topological polar surface area (TPSA) is 98.5 Å². The lowest BCUT2D eigenvalue weighted by molar-refractivity contribution is -0.122. The van der Waals surface area contributed by atoms with Crippen LogP contribution in [0.3, 0.4) is 0 Å². The van der Waals surface area contributed by atoms with E-state index in [9.17, 15) is 13.2 Å². The van der Waals surface area contributed by atoms with Crippen LogP contribution >= 0.6 is 0 Å². The molecule has 1 aromatic carbocycles. The molecule has 0 atom stereocenters. The number of amides is 1. The Bertz CT molecular complexity index is 594. The van der Waals surface area contributed by atoms with Crippen LogP contribution < -0.4 is 15.2 Å². The van der Waals surface area contributed by atoms with Gasteiger partial charge in [0.1, 0.15) is 10.6 Å². The second-order valence-corrected chi connectivity index (χ2v) is 6.05. The van der Waals surface area contributed by atoms with Gasteiger partial charge in [-0.15, -0.1) is 0 Å². The molecular formula is C12H16N2O4S. The molecule has 2 rings (SSSR count). The summed E-state index contributed by atoms with van der Waals surface area (Å²) in [5.41, 5.74) is 0.666. The molecule has 1 fully saturated rings. The lowest BCUT2D eigenvalue weighted by atomic mass is 10.2. The molecule has 0 aliphatic heterocycles. The van der Waals surface area contributed by atoms with E-state index >= 15 is 0 Å². The summed E-state index contributed by atoms with van der Waals surface area (Å²) < 4.78 is 27.8. The minimum atomic E-state index is -3.85. The smallest absolute Gasteiger partial charge is 0.241 e. The van der Waals surface area contributed by atoms with Crippen molar-refractivity contribution in [1.82, 2.24) is 5.32 Å². The fraction of sp³-hybridized carbons (Fsp3) is 0.417. The highest BCUT2D eigenvalue weighted by atomic mass is 32.2. The Balaban J connectivity index is 2.15. The number of rotatable bonds is 5. The van der Waals surface area contributed by atoms with Crippen LogP contribution in [0.2, 0.25) is 0 Å². The Labute approximate surface area is 112 Å². The predicted octanol–water partition coefficient (Wildman–Crippen LogP) is 0.369. The molecule has 1 aromatic rings. The number of methoxy groups -OCH3 is 1. The van der Waals surface area contributed by atoms with Crippen LogP contribution in [0.15, 0.2) is 23.1 Å². The molecule has 6 nitrogen and oxygen atoms in total. The maximum absolute atomic E-state index is 11.5. The maximum atomic E-state index is 11.5. The van der Waals surface area contributed by atoms with Gasteiger partial charge in [0.15, 0.2) is 0 Å². The molecule has 0 saturated heterocycles. The highest BCUT2D eigenvalue weighted by Gasteiger charge is 2.29. The first-order valence-corrected chi connectivity index (χ1v) is 7.44. The number of carbonyl (C=O) groups is 1. The molecule has 0 aromatic heterocycles. The first-order chi connectivity index (χ1) is 8.91. The van der Waals surface area contributed by atoms with Crippen molar-refractivity contribution in [3.05, 3.63) is 23.8 Å². The van der Waals surface area contributed by atoms with Gasteiger partial charge >= 0.3 is 0 Å². The number of carbonyl (C=O) groups excluding carboxylic acids is 1. The molecule has 1 aliphatic carbocycles. The van der Waals surface area contributed by atoms with E-state index in [1.165, 1.54) is 19.2 Å². The normalized spacial score (nSPS) is 15.1. The van der Waals surface area contributed by atoms with E-state index < -0.39 is 10.0 Å². The van der Waals surface area contributed by atoms with Gasteiger partial charge in [0.25, 0.3) is 0 Å². The molecule has 3 N–H and O–H groups in total. The molecule has 104 valence electrons. The lowest BCUT2D eigenvalue weighted by Gasteiger charge is -2.10. The third-order valence-corrected chi connectivity index (χ3v) is 3.88. The van der Waals surface area contributed by atoms with Crippen LogP contribution in [-0.2, 0) is 21.4 Å². The van der Waals surface area contributed by atoms with Gasteiger partial charge in [0.05, 0.1) is 7.11 Å². The molecule has 0 radical (unpaired) electrons. The average molecular weight is 284 g/mol. The van der Waals surface area contributed by atoms with Crippen molar-refractivity contribution < 1.29 is 17.9 Å². The van der Waals surface area contributed by atoms with E-state index in [0.29, 0.717) is 5.56 Å². The van der Waals surface area contributed by atoms with Gasteiger partial charge in [0.2, 0.25) is 15.9 Å². The van der Waals surface area contributed by atoms with Crippen LogP contribution in [0, 0.1) is 5.92 Å². The number of hydrogen-bond donors (Lipinski definition) is 2. The van der Waals surface area contributed by atoms with Gasteiger partial charge in [0, 0.05) is 12.5 Å². The molecule has 1 amide bonds. The van der Waals surface area contributed by atoms with Crippen molar-refractivity contribution in [2.24, 2.45) is 11.1 Å². The highest BCUT2D eigenvalue weighted by molar-refractivity contribution is 7.89. The minimum absolute atomic E-state index is 0.00738. The van der Waals surface area contributed by atoms with Crippen molar-refractivity contribution in [1.29, 1.82) is 0 Å². The quantitative estimate of drug-likeness (QED) is 0.816. The Morgan fingerprint density at radius 2 is 2.16 bits per heavy atom. The van der Waals surface area contributed by atoms with E-state index in [1.807, 2.05) is 0 Å². The predicted molar refractivity (Wildman–Crippen MR) is 68.9 cm³/mol. The van der Waals surface area contributed by atoms with Gasteiger partial charge in [-0.2, -0.15) is 0 Å². The fourth-order valence-corrected chi connectivity index (χ4v) is 2.48. The Morgan fingerprint density at radius 3 is 2.68 bits per heavy atom. The fourth-order valence-electron chi connectivity index (χ4n) is 1.73. The van der Waals surface area contributed by atoms with Crippen LogP contribution in [0.1, 0.15) is 18.4 Å². The number of nitrogens with two attached hydrogens (primary N) is 1. The molecule has 0 heterocycles. The highest BCUT2D eigenvalue weighted by Crippen LogP contribution is 2.29. The van der Waals surface area contributed by atoms with Crippen LogP contribution in [0.5, 0.6) is 5.75 Å². The molecule has 0 bridgehead atoms. The molecule has 0 spiro atoms. The Hall–Kier alpha value is -1.60. The number of nitrogens with one attached hydrogen (secondary N) is 1. The SMILES string of the molecule is COc1ccc(CNC(=O)C2CC2)cc1S(N)(=O)=O. The molecule has 1 saturated carbocycles. The van der Waals surface area contributed by atoms with Crippen molar-refractivity contribution in [3.8, 4) is 5.75 Å². The van der Waals surface area contributed by atoms with Gasteiger partial charge in [-0.05, 0) is 30.5 Å². The van der Waals surface area contributed by atoms with Crippen LogP contribution in [-0.4, -0.2) is 21.4 Å². The van der Waals surface area contributed by atoms with Crippen molar-refractivity contribution >= 4 is 15.9 Å². The second-order valence-electron chi connectivity index (χ2n) is 4.52. The summed E-state index contributed by atoms with van der Waals surface area (Å²) in [5, 5.41) is 7.88. The van der Waals surface area contributed by atoms with E-state index in [-0.39, 0.29) is 29.0 Å². The first kappa shape index (κ1) is 13.8. The second kappa shape index (κ2) is 5.18. The summed E-state index contributed by atoms with van der Waals surface area (Å²) in [7, 11) is -2.47. The Morgan fingerprint density at radius 1 is 1.47 bits per heavy atom. The first-order valence-electron chi connectivity index (χ1n) is 5.89. The molecule has 1 aliphatic rings. The van der Waals surface area contributed by atoms with E-state index in [1.54, 1.807) is 6.07 Å². The standard InChI is InChI=1S/C12H16N2O4S/c1-18-10-5-2-8(6-11(10)19(13,16)17)7-14-12(15)9-3-4-9/h2,5-6,9H,3-4,7H2,1H3,(H,14,15)(H2,13,16,17). The summed E-state index contributed by atoms with van der Waals surface area (Å²) in [6, 6.07) is 4.64. The maximum Gasteiger partial charge on any atom is 0.241 e. The molecule has 7 heteroatoms. The summed E-state index contributed by atoms with van der Waals surface area (Å²) in [4.78, 5) is 11.4.